The third kappa shape index (κ3) is 4.48. The molecule has 15 heavy (non-hydrogen) atoms. The Morgan fingerprint density at radius 1 is 1.20 bits per heavy atom. The van der Waals surface area contributed by atoms with Crippen LogP contribution in [0.3, 0.4) is 0 Å². The zero-order valence-corrected chi connectivity index (χ0v) is 10.2. The third-order valence-corrected chi connectivity index (χ3v) is 2.31. The fraction of sp³-hybridized carbons (Fsp3) is 0.250. The maximum absolute atomic E-state index is 10.4. The lowest BCUT2D eigenvalue weighted by Crippen LogP contribution is -2.22. The Kier molecular flexibility index (Phi) is 3.70. The van der Waals surface area contributed by atoms with E-state index in [1.807, 2.05) is 12.1 Å². The molecule has 0 saturated carbocycles. The van der Waals surface area contributed by atoms with Gasteiger partial charge < -0.3 is 4.43 Å². The van der Waals surface area contributed by atoms with E-state index < -0.39 is 8.32 Å². The van der Waals surface area contributed by atoms with E-state index in [1.54, 1.807) is 12.1 Å². The first-order valence-electron chi connectivity index (χ1n) is 4.75. The average Bonchev–Trinajstić information content (AvgIpc) is 2.17. The van der Waals surface area contributed by atoms with Crippen molar-refractivity contribution in [1.82, 2.24) is 0 Å². The summed E-state index contributed by atoms with van der Waals surface area (Å²) < 4.78 is 5.40. The number of benzene rings is 1. The molecule has 1 rings (SSSR count). The van der Waals surface area contributed by atoms with Gasteiger partial charge in [-0.25, -0.2) is 0 Å². The van der Waals surface area contributed by atoms with Crippen molar-refractivity contribution in [2.45, 2.75) is 19.6 Å². The molecule has 0 aliphatic rings. The van der Waals surface area contributed by atoms with Crippen molar-refractivity contribution < 1.29 is 9.22 Å². The van der Waals surface area contributed by atoms with Crippen LogP contribution in [0, 0.1) is 12.0 Å². The summed E-state index contributed by atoms with van der Waals surface area (Å²) in [5, 5.41) is 0. The summed E-state index contributed by atoms with van der Waals surface area (Å²) >= 11 is 0. The quantitative estimate of drug-likeness (QED) is 0.433. The molecule has 0 heterocycles. The molecule has 0 aromatic heterocycles. The highest BCUT2D eigenvalue weighted by molar-refractivity contribution is 6.70. The number of aldehydes is 1. The molecule has 0 unspecified atom stereocenters. The van der Waals surface area contributed by atoms with Crippen LogP contribution in [0.2, 0.25) is 19.6 Å². The molecular formula is C12H14O2Si. The minimum atomic E-state index is -1.56. The highest BCUT2D eigenvalue weighted by Gasteiger charge is 2.13. The largest absolute Gasteiger partial charge is 0.501 e. The smallest absolute Gasteiger partial charge is 0.255 e. The minimum Gasteiger partial charge on any atom is -0.501 e. The molecule has 78 valence electrons. The lowest BCUT2D eigenvalue weighted by atomic mass is 10.2. The number of carbonyl (C=O) groups excluding carboxylic acids is 1. The predicted molar refractivity (Wildman–Crippen MR) is 63.1 cm³/mol. The summed E-state index contributed by atoms with van der Waals surface area (Å²) in [6.45, 7) is 6.24. The Balaban J connectivity index is 2.68. The van der Waals surface area contributed by atoms with E-state index in [0.29, 0.717) is 5.56 Å². The second-order valence-electron chi connectivity index (χ2n) is 4.18. The SMILES string of the molecule is C[Si](C)(C)OC#Cc1ccc(C=O)cc1. The van der Waals surface area contributed by atoms with E-state index in [0.717, 1.165) is 11.8 Å². The molecule has 0 fully saturated rings. The van der Waals surface area contributed by atoms with Gasteiger partial charge in [-0.15, -0.1) is 0 Å². The molecule has 0 aliphatic carbocycles. The fourth-order valence-electron chi connectivity index (χ4n) is 0.883. The van der Waals surface area contributed by atoms with Crippen molar-refractivity contribution in [1.29, 1.82) is 0 Å². The Labute approximate surface area is 91.4 Å². The molecular weight excluding hydrogens is 204 g/mol. The Morgan fingerprint density at radius 2 is 1.80 bits per heavy atom. The van der Waals surface area contributed by atoms with Crippen molar-refractivity contribution in [3.05, 3.63) is 35.4 Å². The first-order chi connectivity index (χ1) is 7.01. The molecule has 0 bridgehead atoms. The fourth-order valence-corrected chi connectivity index (χ4v) is 1.24. The Bertz CT molecular complexity index is 390. The topological polar surface area (TPSA) is 26.3 Å². The van der Waals surface area contributed by atoms with Crippen molar-refractivity contribution in [2.75, 3.05) is 0 Å². The second-order valence-corrected chi connectivity index (χ2v) is 8.61. The van der Waals surface area contributed by atoms with E-state index in [-0.39, 0.29) is 0 Å². The summed E-state index contributed by atoms with van der Waals surface area (Å²) in [4.78, 5) is 10.4. The van der Waals surface area contributed by atoms with Crippen LogP contribution >= 0.6 is 0 Å². The van der Waals surface area contributed by atoms with E-state index in [9.17, 15) is 4.79 Å². The highest BCUT2D eigenvalue weighted by Crippen LogP contribution is 2.03. The van der Waals surface area contributed by atoms with Crippen LogP contribution < -0.4 is 0 Å². The molecule has 3 heteroatoms. The summed E-state index contributed by atoms with van der Waals surface area (Å²) in [7, 11) is -1.56. The summed E-state index contributed by atoms with van der Waals surface area (Å²) in [5.41, 5.74) is 1.52. The minimum absolute atomic E-state index is 0.659. The van der Waals surface area contributed by atoms with Crippen LogP contribution in [-0.2, 0) is 4.43 Å². The lowest BCUT2D eigenvalue weighted by Gasteiger charge is -2.11. The van der Waals surface area contributed by atoms with Crippen molar-refractivity contribution in [3.8, 4) is 12.0 Å². The van der Waals surface area contributed by atoms with E-state index in [4.69, 9.17) is 4.43 Å². The predicted octanol–water partition coefficient (Wildman–Crippen LogP) is 2.66. The molecule has 0 N–H and O–H groups in total. The Hall–Kier alpha value is -1.53. The monoisotopic (exact) mass is 218 g/mol. The zero-order chi connectivity index (χ0) is 11.3. The molecule has 0 atom stereocenters. The molecule has 0 saturated heterocycles. The highest BCUT2D eigenvalue weighted by atomic mass is 28.4. The molecule has 2 nitrogen and oxygen atoms in total. The summed E-state index contributed by atoms with van der Waals surface area (Å²) in [6.07, 6.45) is 3.52. The van der Waals surface area contributed by atoms with Gasteiger partial charge in [-0.05, 0) is 37.7 Å². The summed E-state index contributed by atoms with van der Waals surface area (Å²) in [5.74, 6) is 2.90. The van der Waals surface area contributed by atoms with Gasteiger partial charge in [0.2, 0.25) is 0 Å². The van der Waals surface area contributed by atoms with E-state index in [1.165, 1.54) is 0 Å². The molecule has 0 aliphatic heterocycles. The summed E-state index contributed by atoms with van der Waals surface area (Å²) in [6, 6.07) is 7.10. The molecule has 0 radical (unpaired) electrons. The number of carbonyl (C=O) groups is 1. The molecule has 0 amide bonds. The van der Waals surface area contributed by atoms with Gasteiger partial charge in [0.05, 0.1) is 0 Å². The standard InChI is InChI=1S/C12H14O2Si/c1-15(2,3)14-9-8-11-4-6-12(10-13)7-5-11/h4-7,10H,1-3H3. The van der Waals surface area contributed by atoms with Crippen LogP contribution in [0.25, 0.3) is 0 Å². The first-order valence-corrected chi connectivity index (χ1v) is 8.16. The van der Waals surface area contributed by atoms with Crippen LogP contribution in [0.15, 0.2) is 24.3 Å². The van der Waals surface area contributed by atoms with Crippen LogP contribution in [0.5, 0.6) is 0 Å². The first kappa shape index (κ1) is 11.5. The molecule has 1 aromatic rings. The van der Waals surface area contributed by atoms with Crippen molar-refractivity contribution in [3.63, 3.8) is 0 Å². The maximum atomic E-state index is 10.4. The van der Waals surface area contributed by atoms with Crippen LogP contribution in [-0.4, -0.2) is 14.6 Å². The van der Waals surface area contributed by atoms with Gasteiger partial charge in [-0.2, -0.15) is 0 Å². The zero-order valence-electron chi connectivity index (χ0n) is 9.20. The normalized spacial score (nSPS) is 10.1. The van der Waals surface area contributed by atoms with Crippen LogP contribution in [0.4, 0.5) is 0 Å². The lowest BCUT2D eigenvalue weighted by molar-refractivity contribution is 0.112. The Morgan fingerprint density at radius 3 is 2.27 bits per heavy atom. The van der Waals surface area contributed by atoms with Gasteiger partial charge in [0.1, 0.15) is 12.4 Å². The van der Waals surface area contributed by atoms with Gasteiger partial charge in [-0.3, -0.25) is 4.79 Å². The third-order valence-electron chi connectivity index (χ3n) is 1.60. The van der Waals surface area contributed by atoms with Crippen molar-refractivity contribution >= 4 is 14.6 Å². The van der Waals surface area contributed by atoms with E-state index >= 15 is 0 Å². The number of hydrogen-bond donors (Lipinski definition) is 0. The van der Waals surface area contributed by atoms with Crippen molar-refractivity contribution in [2.24, 2.45) is 0 Å². The second kappa shape index (κ2) is 4.81. The number of rotatable bonds is 2. The van der Waals surface area contributed by atoms with Crippen LogP contribution in [0.1, 0.15) is 15.9 Å². The number of hydrogen-bond acceptors (Lipinski definition) is 2. The molecule has 1 aromatic carbocycles. The van der Waals surface area contributed by atoms with Gasteiger partial charge >= 0.3 is 0 Å². The van der Waals surface area contributed by atoms with Gasteiger partial charge in [-0.1, -0.05) is 12.1 Å². The average molecular weight is 218 g/mol. The molecule has 0 spiro atoms. The van der Waals surface area contributed by atoms with Gasteiger partial charge in [0.15, 0.2) is 0 Å². The van der Waals surface area contributed by atoms with Gasteiger partial charge in [0.25, 0.3) is 8.32 Å². The van der Waals surface area contributed by atoms with Gasteiger partial charge in [0, 0.05) is 11.1 Å². The van der Waals surface area contributed by atoms with E-state index in [2.05, 4.69) is 31.7 Å². The maximum Gasteiger partial charge on any atom is 0.255 e.